The lowest BCUT2D eigenvalue weighted by Crippen LogP contribution is -2.53. The Morgan fingerprint density at radius 1 is 1.40 bits per heavy atom. The molecule has 15 heavy (non-hydrogen) atoms. The van der Waals surface area contributed by atoms with E-state index in [1.165, 1.54) is 0 Å². The Kier molecular flexibility index (Phi) is 3.11. The fourth-order valence-electron chi connectivity index (χ4n) is 2.31. The number of hydrogen-bond acceptors (Lipinski definition) is 2. The lowest BCUT2D eigenvalue weighted by Gasteiger charge is -2.34. The second-order valence-corrected chi connectivity index (χ2v) is 5.52. The monoisotopic (exact) mass is 208 g/mol. The van der Waals surface area contributed by atoms with Crippen LogP contribution in [0.2, 0.25) is 0 Å². The Hall–Kier alpha value is -1.01. The SMILES string of the molecule is C#CCN1CC(C)(C)NC(C)(C)CC1=O. The summed E-state index contributed by atoms with van der Waals surface area (Å²) in [5.74, 6) is 2.67. The van der Waals surface area contributed by atoms with Crippen LogP contribution >= 0.6 is 0 Å². The highest BCUT2D eigenvalue weighted by Gasteiger charge is 2.36. The first-order valence-corrected chi connectivity index (χ1v) is 5.26. The number of nitrogens with zero attached hydrogens (tertiary/aromatic N) is 1. The van der Waals surface area contributed by atoms with Crippen LogP contribution in [-0.2, 0) is 4.79 Å². The second kappa shape index (κ2) is 3.86. The van der Waals surface area contributed by atoms with E-state index in [0.29, 0.717) is 19.5 Å². The summed E-state index contributed by atoms with van der Waals surface area (Å²) in [5, 5.41) is 3.48. The molecule has 84 valence electrons. The third kappa shape index (κ3) is 3.24. The van der Waals surface area contributed by atoms with Gasteiger partial charge in [-0.1, -0.05) is 5.92 Å². The molecule has 1 amide bonds. The molecule has 0 aromatic rings. The van der Waals surface area contributed by atoms with Crippen LogP contribution in [0, 0.1) is 12.3 Å². The lowest BCUT2D eigenvalue weighted by atomic mass is 9.96. The summed E-state index contributed by atoms with van der Waals surface area (Å²) in [6, 6.07) is 0. The van der Waals surface area contributed by atoms with E-state index < -0.39 is 0 Å². The lowest BCUT2D eigenvalue weighted by molar-refractivity contribution is -0.131. The van der Waals surface area contributed by atoms with E-state index in [-0.39, 0.29) is 17.0 Å². The molecule has 1 N–H and O–H groups in total. The van der Waals surface area contributed by atoms with Gasteiger partial charge in [-0.15, -0.1) is 6.42 Å². The highest BCUT2D eigenvalue weighted by Crippen LogP contribution is 2.21. The molecule has 0 bridgehead atoms. The van der Waals surface area contributed by atoms with Crippen LogP contribution in [0.1, 0.15) is 34.1 Å². The normalized spacial score (nSPS) is 24.5. The molecule has 0 aliphatic carbocycles. The van der Waals surface area contributed by atoms with Crippen molar-refractivity contribution in [3.05, 3.63) is 0 Å². The molecule has 1 saturated heterocycles. The van der Waals surface area contributed by atoms with Gasteiger partial charge in [0.1, 0.15) is 0 Å². The van der Waals surface area contributed by atoms with E-state index in [1.807, 2.05) is 13.8 Å². The van der Waals surface area contributed by atoms with Crippen molar-refractivity contribution in [1.29, 1.82) is 0 Å². The van der Waals surface area contributed by atoms with Crippen molar-refractivity contribution in [1.82, 2.24) is 10.2 Å². The molecule has 3 heteroatoms. The molecule has 0 spiro atoms. The summed E-state index contributed by atoms with van der Waals surface area (Å²) in [6.45, 7) is 9.35. The molecule has 0 atom stereocenters. The molecule has 1 aliphatic heterocycles. The molecular weight excluding hydrogens is 188 g/mol. The number of hydrogen-bond donors (Lipinski definition) is 1. The first kappa shape index (κ1) is 12.1. The molecule has 1 heterocycles. The maximum absolute atomic E-state index is 11.9. The number of rotatable bonds is 1. The molecule has 1 rings (SSSR count). The molecule has 1 aliphatic rings. The second-order valence-electron chi connectivity index (χ2n) is 5.52. The minimum Gasteiger partial charge on any atom is -0.330 e. The van der Waals surface area contributed by atoms with Crippen LogP contribution in [0.4, 0.5) is 0 Å². The molecule has 3 nitrogen and oxygen atoms in total. The summed E-state index contributed by atoms with van der Waals surface area (Å²) in [4.78, 5) is 13.6. The van der Waals surface area contributed by atoms with Crippen molar-refractivity contribution >= 4 is 5.91 Å². The topological polar surface area (TPSA) is 32.3 Å². The number of amides is 1. The smallest absolute Gasteiger partial charge is 0.225 e. The average molecular weight is 208 g/mol. The summed E-state index contributed by atoms with van der Waals surface area (Å²) in [7, 11) is 0. The van der Waals surface area contributed by atoms with Crippen molar-refractivity contribution < 1.29 is 4.79 Å². The Bertz CT molecular complexity index is 299. The summed E-state index contributed by atoms with van der Waals surface area (Å²) >= 11 is 0. The highest BCUT2D eigenvalue weighted by atomic mass is 16.2. The van der Waals surface area contributed by atoms with Crippen LogP contribution < -0.4 is 5.32 Å². The first-order chi connectivity index (χ1) is 6.76. The summed E-state index contributed by atoms with van der Waals surface area (Å²) < 4.78 is 0. The van der Waals surface area contributed by atoms with E-state index >= 15 is 0 Å². The van der Waals surface area contributed by atoms with Gasteiger partial charge in [-0.3, -0.25) is 4.79 Å². The van der Waals surface area contributed by atoms with Crippen LogP contribution in [-0.4, -0.2) is 35.0 Å². The van der Waals surface area contributed by atoms with Crippen molar-refractivity contribution in [3.8, 4) is 12.3 Å². The zero-order chi connectivity index (χ0) is 11.7. The molecule has 0 saturated carbocycles. The van der Waals surface area contributed by atoms with Gasteiger partial charge >= 0.3 is 0 Å². The summed E-state index contributed by atoms with van der Waals surface area (Å²) in [5.41, 5.74) is -0.254. The third-order valence-electron chi connectivity index (χ3n) is 2.49. The van der Waals surface area contributed by atoms with Crippen LogP contribution in [0.25, 0.3) is 0 Å². The Labute approximate surface area is 92.2 Å². The van der Waals surface area contributed by atoms with Gasteiger partial charge in [-0.2, -0.15) is 0 Å². The van der Waals surface area contributed by atoms with Crippen molar-refractivity contribution in [2.75, 3.05) is 13.1 Å². The van der Waals surface area contributed by atoms with E-state index in [9.17, 15) is 4.79 Å². The van der Waals surface area contributed by atoms with Crippen molar-refractivity contribution in [2.45, 2.75) is 45.2 Å². The van der Waals surface area contributed by atoms with Crippen molar-refractivity contribution in [3.63, 3.8) is 0 Å². The summed E-state index contributed by atoms with van der Waals surface area (Å²) in [6.07, 6.45) is 5.76. The number of terminal acetylenes is 1. The standard InChI is InChI=1S/C12H20N2O/c1-6-7-14-9-12(4,5)13-11(2,3)8-10(14)15/h1,13H,7-9H2,2-5H3. The van der Waals surface area contributed by atoms with Gasteiger partial charge < -0.3 is 10.2 Å². The quantitative estimate of drug-likeness (QED) is 0.652. The zero-order valence-corrected chi connectivity index (χ0v) is 10.1. The van der Waals surface area contributed by atoms with Gasteiger partial charge in [0.2, 0.25) is 5.91 Å². The average Bonchev–Trinajstić information content (AvgIpc) is 2.05. The molecule has 0 aromatic carbocycles. The predicted molar refractivity (Wildman–Crippen MR) is 61.3 cm³/mol. The predicted octanol–water partition coefficient (Wildman–Crippen LogP) is 0.999. The molecule has 0 radical (unpaired) electrons. The van der Waals surface area contributed by atoms with Crippen LogP contribution in [0.5, 0.6) is 0 Å². The van der Waals surface area contributed by atoms with Gasteiger partial charge in [0.05, 0.1) is 6.54 Å². The van der Waals surface area contributed by atoms with E-state index in [0.717, 1.165) is 0 Å². The largest absolute Gasteiger partial charge is 0.330 e. The Balaban J connectivity index is 2.89. The number of nitrogens with one attached hydrogen (secondary N) is 1. The van der Waals surface area contributed by atoms with Gasteiger partial charge in [-0.05, 0) is 27.7 Å². The molecule has 1 fully saturated rings. The number of carbonyl (C=O) groups excluding carboxylic acids is 1. The van der Waals surface area contributed by atoms with Crippen LogP contribution in [0.15, 0.2) is 0 Å². The fourth-order valence-corrected chi connectivity index (χ4v) is 2.31. The fraction of sp³-hybridized carbons (Fsp3) is 0.750. The maximum Gasteiger partial charge on any atom is 0.225 e. The Morgan fingerprint density at radius 2 is 2.00 bits per heavy atom. The van der Waals surface area contributed by atoms with Crippen LogP contribution in [0.3, 0.4) is 0 Å². The molecule has 0 aromatic heterocycles. The minimum absolute atomic E-state index is 0.0908. The van der Waals surface area contributed by atoms with E-state index in [1.54, 1.807) is 4.90 Å². The highest BCUT2D eigenvalue weighted by molar-refractivity contribution is 5.78. The maximum atomic E-state index is 11.9. The number of carbonyl (C=O) groups is 1. The van der Waals surface area contributed by atoms with E-state index in [4.69, 9.17) is 6.42 Å². The van der Waals surface area contributed by atoms with Crippen molar-refractivity contribution in [2.24, 2.45) is 0 Å². The first-order valence-electron chi connectivity index (χ1n) is 5.26. The third-order valence-corrected chi connectivity index (χ3v) is 2.49. The van der Waals surface area contributed by atoms with Gasteiger partial charge in [0.25, 0.3) is 0 Å². The van der Waals surface area contributed by atoms with E-state index in [2.05, 4.69) is 25.1 Å². The van der Waals surface area contributed by atoms with Gasteiger partial charge in [-0.25, -0.2) is 0 Å². The Morgan fingerprint density at radius 3 is 2.53 bits per heavy atom. The molecule has 0 unspecified atom stereocenters. The molecular formula is C12H20N2O. The van der Waals surface area contributed by atoms with Gasteiger partial charge in [0.15, 0.2) is 0 Å². The minimum atomic E-state index is -0.163. The van der Waals surface area contributed by atoms with Gasteiger partial charge in [0, 0.05) is 24.0 Å². The zero-order valence-electron chi connectivity index (χ0n) is 10.1.